The van der Waals surface area contributed by atoms with Gasteiger partial charge in [0.1, 0.15) is 23.7 Å². The van der Waals surface area contributed by atoms with E-state index in [0.29, 0.717) is 33.9 Å². The molecule has 0 aliphatic heterocycles. The molecule has 0 saturated carbocycles. The number of anilines is 2. The first-order valence-electron chi connectivity index (χ1n) is 10.5. The molecule has 0 bridgehead atoms. The number of hydrogen-bond acceptors (Lipinski definition) is 5. The van der Waals surface area contributed by atoms with E-state index in [0.717, 1.165) is 17.5 Å². The molecule has 8 heteroatoms. The minimum atomic E-state index is -0.300. The molecule has 0 amide bonds. The standard InChI is InChI=1S/C25H24ClFN6/c1-4-22(18-6-5-7-19(26)12-18)30-17(3)23-14-33(15-29-23)24-16(2)13-28-25(32-24)31-21-10-8-20(27)9-11-21/h5-15,22,30H,3-4H2,1-2H3,(H,28,31,32). The Balaban J connectivity index is 1.52. The number of nitrogens with zero attached hydrogens (tertiary/aromatic N) is 4. The smallest absolute Gasteiger partial charge is 0.229 e. The van der Waals surface area contributed by atoms with Crippen molar-refractivity contribution in [2.45, 2.75) is 26.3 Å². The molecule has 0 saturated heterocycles. The van der Waals surface area contributed by atoms with Gasteiger partial charge in [-0.25, -0.2) is 14.4 Å². The summed E-state index contributed by atoms with van der Waals surface area (Å²) in [5, 5.41) is 7.24. The van der Waals surface area contributed by atoms with Gasteiger partial charge >= 0.3 is 0 Å². The Labute approximate surface area is 197 Å². The van der Waals surface area contributed by atoms with Crippen LogP contribution in [0.4, 0.5) is 16.0 Å². The average Bonchev–Trinajstić information content (AvgIpc) is 3.30. The van der Waals surface area contributed by atoms with Gasteiger partial charge in [0.25, 0.3) is 0 Å². The Hall–Kier alpha value is -3.71. The predicted octanol–water partition coefficient (Wildman–Crippen LogP) is 6.22. The van der Waals surface area contributed by atoms with Gasteiger partial charge < -0.3 is 10.6 Å². The maximum absolute atomic E-state index is 13.2. The highest BCUT2D eigenvalue weighted by atomic mass is 35.5. The lowest BCUT2D eigenvalue weighted by molar-refractivity contribution is 0.613. The third-order valence-corrected chi connectivity index (χ3v) is 5.42. The Kier molecular flexibility index (Phi) is 6.70. The Morgan fingerprint density at radius 2 is 1.97 bits per heavy atom. The molecule has 2 aromatic carbocycles. The fraction of sp³-hybridized carbons (Fsp3) is 0.160. The van der Waals surface area contributed by atoms with Gasteiger partial charge in [0.2, 0.25) is 5.95 Å². The maximum atomic E-state index is 13.2. The molecular weight excluding hydrogens is 439 g/mol. The van der Waals surface area contributed by atoms with E-state index in [1.54, 1.807) is 24.7 Å². The molecule has 1 atom stereocenters. The first kappa shape index (κ1) is 22.5. The molecule has 0 aliphatic carbocycles. The molecule has 2 heterocycles. The fourth-order valence-electron chi connectivity index (χ4n) is 3.44. The normalized spacial score (nSPS) is 11.8. The summed E-state index contributed by atoms with van der Waals surface area (Å²) < 4.78 is 15.0. The largest absolute Gasteiger partial charge is 0.377 e. The zero-order chi connectivity index (χ0) is 23.4. The lowest BCUT2D eigenvalue weighted by Gasteiger charge is -2.19. The number of rotatable bonds is 8. The highest BCUT2D eigenvalue weighted by Gasteiger charge is 2.14. The number of aromatic nitrogens is 4. The highest BCUT2D eigenvalue weighted by molar-refractivity contribution is 6.30. The number of benzene rings is 2. The van der Waals surface area contributed by atoms with Gasteiger partial charge in [-0.15, -0.1) is 0 Å². The van der Waals surface area contributed by atoms with Crippen LogP contribution in [0.3, 0.4) is 0 Å². The van der Waals surface area contributed by atoms with Crippen molar-refractivity contribution in [3.63, 3.8) is 0 Å². The van der Waals surface area contributed by atoms with Gasteiger partial charge in [-0.2, -0.15) is 4.98 Å². The summed E-state index contributed by atoms with van der Waals surface area (Å²) in [7, 11) is 0. The molecule has 0 fully saturated rings. The molecule has 1 unspecified atom stereocenters. The van der Waals surface area contributed by atoms with E-state index in [-0.39, 0.29) is 11.9 Å². The van der Waals surface area contributed by atoms with Crippen LogP contribution < -0.4 is 10.6 Å². The minimum absolute atomic E-state index is 0.0636. The molecule has 4 aromatic rings. The topological polar surface area (TPSA) is 67.7 Å². The lowest BCUT2D eigenvalue weighted by Crippen LogP contribution is -2.19. The van der Waals surface area contributed by atoms with Crippen molar-refractivity contribution in [3.05, 3.63) is 101 Å². The molecule has 0 spiro atoms. The van der Waals surface area contributed by atoms with E-state index in [9.17, 15) is 4.39 Å². The third-order valence-electron chi connectivity index (χ3n) is 5.19. The van der Waals surface area contributed by atoms with Gasteiger partial charge in [-0.3, -0.25) is 4.57 Å². The second-order valence-corrected chi connectivity index (χ2v) is 8.07. The third kappa shape index (κ3) is 5.38. The molecule has 0 aliphatic rings. The van der Waals surface area contributed by atoms with E-state index in [1.165, 1.54) is 12.1 Å². The van der Waals surface area contributed by atoms with Crippen LogP contribution in [-0.2, 0) is 0 Å². The Morgan fingerprint density at radius 1 is 1.18 bits per heavy atom. The number of aryl methyl sites for hydroxylation is 1. The average molecular weight is 463 g/mol. The molecule has 168 valence electrons. The summed E-state index contributed by atoms with van der Waals surface area (Å²) in [6.45, 7) is 8.20. The molecular formula is C25H24ClFN6. The van der Waals surface area contributed by atoms with E-state index >= 15 is 0 Å². The van der Waals surface area contributed by atoms with Crippen molar-refractivity contribution in [3.8, 4) is 5.82 Å². The highest BCUT2D eigenvalue weighted by Crippen LogP contribution is 2.24. The van der Waals surface area contributed by atoms with Crippen molar-refractivity contribution < 1.29 is 4.39 Å². The van der Waals surface area contributed by atoms with E-state index < -0.39 is 0 Å². The second-order valence-electron chi connectivity index (χ2n) is 7.64. The Bertz CT molecular complexity index is 1270. The fourth-order valence-corrected chi connectivity index (χ4v) is 3.64. The molecule has 6 nitrogen and oxygen atoms in total. The van der Waals surface area contributed by atoms with E-state index in [1.807, 2.05) is 42.0 Å². The van der Waals surface area contributed by atoms with Crippen LogP contribution in [0.15, 0.2) is 73.8 Å². The number of halogens is 2. The van der Waals surface area contributed by atoms with Crippen LogP contribution in [0, 0.1) is 12.7 Å². The summed E-state index contributed by atoms with van der Waals surface area (Å²) >= 11 is 6.16. The predicted molar refractivity (Wildman–Crippen MR) is 130 cm³/mol. The van der Waals surface area contributed by atoms with Crippen molar-refractivity contribution >= 4 is 28.9 Å². The number of nitrogens with one attached hydrogen (secondary N) is 2. The van der Waals surface area contributed by atoms with Gasteiger partial charge in [0, 0.05) is 28.7 Å². The molecule has 33 heavy (non-hydrogen) atoms. The summed E-state index contributed by atoms with van der Waals surface area (Å²) in [6.07, 6.45) is 6.16. The number of hydrogen-bond donors (Lipinski definition) is 2. The first-order chi connectivity index (χ1) is 15.9. The summed E-state index contributed by atoms with van der Waals surface area (Å²) in [6, 6.07) is 13.9. The van der Waals surface area contributed by atoms with E-state index in [4.69, 9.17) is 11.6 Å². The molecule has 4 rings (SSSR count). The zero-order valence-corrected chi connectivity index (χ0v) is 19.1. The van der Waals surface area contributed by atoms with E-state index in [2.05, 4.69) is 39.1 Å². The van der Waals surface area contributed by atoms with Crippen LogP contribution in [0.25, 0.3) is 11.5 Å². The van der Waals surface area contributed by atoms with Crippen LogP contribution in [0.5, 0.6) is 0 Å². The second kappa shape index (κ2) is 9.83. The summed E-state index contributed by atoms with van der Waals surface area (Å²) in [4.78, 5) is 13.4. The molecule has 0 radical (unpaired) electrons. The lowest BCUT2D eigenvalue weighted by atomic mass is 10.0. The van der Waals surface area contributed by atoms with Gasteiger partial charge in [0.05, 0.1) is 11.7 Å². The van der Waals surface area contributed by atoms with Gasteiger partial charge in [-0.05, 0) is 55.3 Å². The minimum Gasteiger partial charge on any atom is -0.377 e. The first-order valence-corrected chi connectivity index (χ1v) is 10.9. The SMILES string of the molecule is C=C(NC(CC)c1cccc(Cl)c1)c1cn(-c2nc(Nc3ccc(F)cc3)ncc2C)cn1. The summed E-state index contributed by atoms with van der Waals surface area (Å²) in [5.74, 6) is 0.788. The van der Waals surface area contributed by atoms with Crippen molar-refractivity contribution in [2.24, 2.45) is 0 Å². The van der Waals surface area contributed by atoms with Gasteiger partial charge in [-0.1, -0.05) is 37.2 Å². The monoisotopic (exact) mass is 462 g/mol. The maximum Gasteiger partial charge on any atom is 0.229 e. The number of imidazole rings is 1. The summed E-state index contributed by atoms with van der Waals surface area (Å²) in [5.41, 5.74) is 4.08. The molecule has 2 N–H and O–H groups in total. The quantitative estimate of drug-likeness (QED) is 0.325. The van der Waals surface area contributed by atoms with Crippen LogP contribution in [0.1, 0.15) is 36.2 Å². The zero-order valence-electron chi connectivity index (χ0n) is 18.4. The van der Waals surface area contributed by atoms with Gasteiger partial charge in [0.15, 0.2) is 0 Å². The Morgan fingerprint density at radius 3 is 2.70 bits per heavy atom. The van der Waals surface area contributed by atoms with Crippen LogP contribution in [-0.4, -0.2) is 19.5 Å². The molecule has 2 aromatic heterocycles. The van der Waals surface area contributed by atoms with Crippen molar-refractivity contribution in [2.75, 3.05) is 5.32 Å². The van der Waals surface area contributed by atoms with Crippen LogP contribution >= 0.6 is 11.6 Å². The van der Waals surface area contributed by atoms with Crippen molar-refractivity contribution in [1.82, 2.24) is 24.8 Å². The van der Waals surface area contributed by atoms with Crippen molar-refractivity contribution in [1.29, 1.82) is 0 Å². The van der Waals surface area contributed by atoms with Crippen LogP contribution in [0.2, 0.25) is 5.02 Å².